The molecule has 2 rings (SSSR count). The Morgan fingerprint density at radius 3 is 2.45 bits per heavy atom. The summed E-state index contributed by atoms with van der Waals surface area (Å²) in [6, 6.07) is 14.4. The second-order valence-electron chi connectivity index (χ2n) is 5.44. The number of nitrogens with zero attached hydrogens (tertiary/aromatic N) is 1. The summed E-state index contributed by atoms with van der Waals surface area (Å²) in [4.78, 5) is 12.4. The SMILES string of the molecule is CC(C)[C@H](NC(=O)c1cccc(C#N)c1)c1ccc(F)cc1. The van der Waals surface area contributed by atoms with E-state index in [1.165, 1.54) is 12.1 Å². The molecular weight excluding hydrogens is 279 g/mol. The van der Waals surface area contributed by atoms with Crippen LogP contribution in [0.15, 0.2) is 48.5 Å². The molecule has 0 radical (unpaired) electrons. The Balaban J connectivity index is 2.22. The summed E-state index contributed by atoms with van der Waals surface area (Å²) in [5.74, 6) is -0.409. The molecule has 0 aliphatic rings. The highest BCUT2D eigenvalue weighted by Gasteiger charge is 2.19. The third-order valence-electron chi connectivity index (χ3n) is 3.44. The molecule has 2 aromatic carbocycles. The molecule has 4 heteroatoms. The first-order valence-corrected chi connectivity index (χ1v) is 7.07. The van der Waals surface area contributed by atoms with Crippen LogP contribution in [0, 0.1) is 23.1 Å². The van der Waals surface area contributed by atoms with Gasteiger partial charge in [-0.05, 0) is 41.8 Å². The summed E-state index contributed by atoms with van der Waals surface area (Å²) in [5.41, 5.74) is 1.73. The van der Waals surface area contributed by atoms with Crippen LogP contribution in [0.25, 0.3) is 0 Å². The predicted octanol–water partition coefficient (Wildman–Crippen LogP) is 3.82. The number of amides is 1. The van der Waals surface area contributed by atoms with Crippen molar-refractivity contribution in [2.75, 3.05) is 0 Å². The van der Waals surface area contributed by atoms with Crippen LogP contribution >= 0.6 is 0 Å². The van der Waals surface area contributed by atoms with Gasteiger partial charge in [-0.1, -0.05) is 32.0 Å². The molecule has 0 aliphatic carbocycles. The van der Waals surface area contributed by atoms with Crippen molar-refractivity contribution in [1.29, 1.82) is 5.26 Å². The van der Waals surface area contributed by atoms with E-state index in [0.29, 0.717) is 11.1 Å². The quantitative estimate of drug-likeness (QED) is 0.932. The van der Waals surface area contributed by atoms with Crippen molar-refractivity contribution in [3.63, 3.8) is 0 Å². The monoisotopic (exact) mass is 296 g/mol. The first kappa shape index (κ1) is 15.7. The molecule has 0 aliphatic heterocycles. The number of benzene rings is 2. The normalized spacial score (nSPS) is 11.8. The molecule has 1 atom stereocenters. The van der Waals surface area contributed by atoms with E-state index in [2.05, 4.69) is 5.32 Å². The van der Waals surface area contributed by atoms with Crippen LogP contribution in [-0.2, 0) is 0 Å². The average Bonchev–Trinajstić information content (AvgIpc) is 2.53. The average molecular weight is 296 g/mol. The van der Waals surface area contributed by atoms with Crippen molar-refractivity contribution in [2.45, 2.75) is 19.9 Å². The molecule has 0 aromatic heterocycles. The van der Waals surface area contributed by atoms with E-state index >= 15 is 0 Å². The number of hydrogen-bond donors (Lipinski definition) is 1. The van der Waals surface area contributed by atoms with Gasteiger partial charge in [0.05, 0.1) is 17.7 Å². The topological polar surface area (TPSA) is 52.9 Å². The van der Waals surface area contributed by atoms with Gasteiger partial charge >= 0.3 is 0 Å². The Kier molecular flexibility index (Phi) is 4.90. The number of carbonyl (C=O) groups is 1. The van der Waals surface area contributed by atoms with Crippen molar-refractivity contribution < 1.29 is 9.18 Å². The fourth-order valence-corrected chi connectivity index (χ4v) is 2.26. The molecule has 112 valence electrons. The highest BCUT2D eigenvalue weighted by Crippen LogP contribution is 2.22. The van der Waals surface area contributed by atoms with Crippen molar-refractivity contribution in [1.82, 2.24) is 5.32 Å². The molecule has 1 N–H and O–H groups in total. The molecule has 0 spiro atoms. The van der Waals surface area contributed by atoms with E-state index in [9.17, 15) is 9.18 Å². The minimum atomic E-state index is -0.306. The van der Waals surface area contributed by atoms with Gasteiger partial charge in [0.25, 0.3) is 5.91 Å². The number of nitrogens with one attached hydrogen (secondary N) is 1. The second kappa shape index (κ2) is 6.86. The molecule has 0 heterocycles. The minimum absolute atomic E-state index is 0.147. The van der Waals surface area contributed by atoms with Crippen molar-refractivity contribution in [2.24, 2.45) is 5.92 Å². The number of rotatable bonds is 4. The third-order valence-corrected chi connectivity index (χ3v) is 3.44. The lowest BCUT2D eigenvalue weighted by Gasteiger charge is -2.23. The van der Waals surface area contributed by atoms with Gasteiger partial charge in [0.15, 0.2) is 0 Å². The molecule has 1 amide bonds. The van der Waals surface area contributed by atoms with Crippen LogP contribution in [0.3, 0.4) is 0 Å². The van der Waals surface area contributed by atoms with E-state index in [0.717, 1.165) is 5.56 Å². The van der Waals surface area contributed by atoms with Crippen LogP contribution < -0.4 is 5.32 Å². The zero-order valence-electron chi connectivity index (χ0n) is 12.5. The molecule has 0 saturated heterocycles. The smallest absolute Gasteiger partial charge is 0.251 e. The van der Waals surface area contributed by atoms with Gasteiger partial charge in [0, 0.05) is 5.56 Å². The van der Waals surface area contributed by atoms with E-state index < -0.39 is 0 Å². The molecule has 0 unspecified atom stereocenters. The number of nitriles is 1. The molecule has 3 nitrogen and oxygen atoms in total. The van der Waals surface area contributed by atoms with E-state index in [1.807, 2.05) is 19.9 Å². The van der Waals surface area contributed by atoms with Gasteiger partial charge < -0.3 is 5.32 Å². The number of halogens is 1. The third kappa shape index (κ3) is 3.70. The van der Waals surface area contributed by atoms with Crippen LogP contribution in [0.1, 0.15) is 41.4 Å². The van der Waals surface area contributed by atoms with E-state index in [-0.39, 0.29) is 23.7 Å². The maximum absolute atomic E-state index is 13.0. The highest BCUT2D eigenvalue weighted by atomic mass is 19.1. The standard InChI is InChI=1S/C18H17FN2O/c1-12(2)17(14-6-8-16(19)9-7-14)21-18(22)15-5-3-4-13(10-15)11-20/h3-10,12,17H,1-2H3,(H,21,22)/t17-/m0/s1. The Morgan fingerprint density at radius 1 is 1.18 bits per heavy atom. The predicted molar refractivity (Wildman–Crippen MR) is 82.6 cm³/mol. The van der Waals surface area contributed by atoms with Gasteiger partial charge in [-0.15, -0.1) is 0 Å². The minimum Gasteiger partial charge on any atom is -0.345 e. The fourth-order valence-electron chi connectivity index (χ4n) is 2.26. The van der Waals surface area contributed by atoms with Crippen molar-refractivity contribution in [3.8, 4) is 6.07 Å². The maximum atomic E-state index is 13.0. The first-order valence-electron chi connectivity index (χ1n) is 7.07. The molecular formula is C18H17FN2O. The summed E-state index contributed by atoms with van der Waals surface area (Å²) in [6.45, 7) is 3.97. The molecule has 0 fully saturated rings. The summed E-state index contributed by atoms with van der Waals surface area (Å²) in [5, 5.41) is 11.8. The Morgan fingerprint density at radius 2 is 1.86 bits per heavy atom. The highest BCUT2D eigenvalue weighted by molar-refractivity contribution is 5.94. The number of hydrogen-bond acceptors (Lipinski definition) is 2. The van der Waals surface area contributed by atoms with Gasteiger partial charge in [-0.2, -0.15) is 5.26 Å². The Bertz CT molecular complexity index is 702. The molecule has 2 aromatic rings. The van der Waals surface area contributed by atoms with Gasteiger partial charge in [-0.25, -0.2) is 4.39 Å². The summed E-state index contributed by atoms with van der Waals surface area (Å²) in [6.07, 6.45) is 0. The van der Waals surface area contributed by atoms with Crippen molar-refractivity contribution >= 4 is 5.91 Å². The summed E-state index contributed by atoms with van der Waals surface area (Å²) in [7, 11) is 0. The van der Waals surface area contributed by atoms with Crippen LogP contribution in [0.4, 0.5) is 4.39 Å². The second-order valence-corrected chi connectivity index (χ2v) is 5.44. The van der Waals surface area contributed by atoms with Gasteiger partial charge in [0.1, 0.15) is 5.82 Å². The van der Waals surface area contributed by atoms with Crippen LogP contribution in [-0.4, -0.2) is 5.91 Å². The first-order chi connectivity index (χ1) is 10.5. The van der Waals surface area contributed by atoms with E-state index in [1.54, 1.807) is 36.4 Å². The van der Waals surface area contributed by atoms with E-state index in [4.69, 9.17) is 5.26 Å². The zero-order chi connectivity index (χ0) is 16.1. The molecule has 0 saturated carbocycles. The molecule has 22 heavy (non-hydrogen) atoms. The lowest BCUT2D eigenvalue weighted by atomic mass is 9.95. The zero-order valence-corrected chi connectivity index (χ0v) is 12.5. The lowest BCUT2D eigenvalue weighted by molar-refractivity contribution is 0.0925. The Labute approximate surface area is 129 Å². The van der Waals surface area contributed by atoms with Gasteiger partial charge in [0.2, 0.25) is 0 Å². The number of carbonyl (C=O) groups excluding carboxylic acids is 1. The summed E-state index contributed by atoms with van der Waals surface area (Å²) < 4.78 is 13.0. The molecule has 0 bridgehead atoms. The lowest BCUT2D eigenvalue weighted by Crippen LogP contribution is -2.31. The fraction of sp³-hybridized carbons (Fsp3) is 0.222. The summed E-state index contributed by atoms with van der Waals surface area (Å²) >= 11 is 0. The van der Waals surface area contributed by atoms with Crippen LogP contribution in [0.2, 0.25) is 0 Å². The Hall–Kier alpha value is -2.67. The maximum Gasteiger partial charge on any atom is 0.251 e. The largest absolute Gasteiger partial charge is 0.345 e. The van der Waals surface area contributed by atoms with Crippen molar-refractivity contribution in [3.05, 3.63) is 71.0 Å². The van der Waals surface area contributed by atoms with Gasteiger partial charge in [-0.3, -0.25) is 4.79 Å². The van der Waals surface area contributed by atoms with Crippen LogP contribution in [0.5, 0.6) is 0 Å².